The maximum Gasteiger partial charge on any atom is 0.0788 e. The second kappa shape index (κ2) is 5.01. The molecule has 0 saturated carbocycles. The van der Waals surface area contributed by atoms with E-state index in [1.165, 1.54) is 19.4 Å². The molecule has 0 aliphatic carbocycles. The highest BCUT2D eigenvalue weighted by Crippen LogP contribution is 2.42. The zero-order valence-electron chi connectivity index (χ0n) is 13.6. The van der Waals surface area contributed by atoms with E-state index in [-0.39, 0.29) is 17.2 Å². The first-order valence-electron chi connectivity index (χ1n) is 7.85. The van der Waals surface area contributed by atoms with Crippen molar-refractivity contribution in [2.24, 2.45) is 17.6 Å². The molecule has 2 fully saturated rings. The fourth-order valence-electron chi connectivity index (χ4n) is 4.00. The van der Waals surface area contributed by atoms with E-state index in [0.29, 0.717) is 12.0 Å². The number of nitrogens with zero attached hydrogens (tertiary/aromatic N) is 1. The van der Waals surface area contributed by atoms with Gasteiger partial charge in [0.05, 0.1) is 11.2 Å². The average Bonchev–Trinajstić information content (AvgIpc) is 2.42. The largest absolute Gasteiger partial charge is 0.368 e. The molecule has 4 atom stereocenters. The van der Waals surface area contributed by atoms with Crippen LogP contribution in [0, 0.1) is 11.8 Å². The number of rotatable bonds is 2. The minimum atomic E-state index is -0.210. The molecule has 0 aromatic rings. The third-order valence-electron chi connectivity index (χ3n) is 5.59. The molecule has 2 rings (SSSR count). The third kappa shape index (κ3) is 2.84. The summed E-state index contributed by atoms with van der Waals surface area (Å²) in [7, 11) is 0. The van der Waals surface area contributed by atoms with Crippen LogP contribution in [0.2, 0.25) is 0 Å². The summed E-state index contributed by atoms with van der Waals surface area (Å²) >= 11 is 0. The van der Waals surface area contributed by atoms with Crippen LogP contribution in [0.5, 0.6) is 0 Å². The van der Waals surface area contributed by atoms with Crippen molar-refractivity contribution >= 4 is 0 Å². The second-order valence-corrected chi connectivity index (χ2v) is 7.80. The van der Waals surface area contributed by atoms with Gasteiger partial charge < -0.3 is 10.5 Å². The van der Waals surface area contributed by atoms with Crippen molar-refractivity contribution in [3.05, 3.63) is 0 Å². The van der Waals surface area contributed by atoms with Crippen LogP contribution in [0.4, 0.5) is 0 Å². The Hall–Kier alpha value is -0.120. The number of nitrogens with two attached hydrogens (primary N) is 1. The van der Waals surface area contributed by atoms with Gasteiger partial charge in [0, 0.05) is 24.5 Å². The number of ether oxygens (including phenoxy) is 1. The molecule has 2 aliphatic heterocycles. The molecule has 0 radical (unpaired) electrons. The van der Waals surface area contributed by atoms with Crippen LogP contribution in [0.3, 0.4) is 0 Å². The SMILES string of the molecule is CC1CCCN(CC2C(N)C(C)(C)OC2(C)C)C1C. The Morgan fingerprint density at radius 3 is 2.32 bits per heavy atom. The molecule has 0 aromatic carbocycles. The lowest BCUT2D eigenvalue weighted by Crippen LogP contribution is -2.52. The van der Waals surface area contributed by atoms with Crippen molar-refractivity contribution in [3.63, 3.8) is 0 Å². The van der Waals surface area contributed by atoms with E-state index in [0.717, 1.165) is 12.5 Å². The lowest BCUT2D eigenvalue weighted by molar-refractivity contribution is -0.0801. The Kier molecular flexibility index (Phi) is 4.03. The Bertz CT molecular complexity index is 327. The summed E-state index contributed by atoms with van der Waals surface area (Å²) in [4.78, 5) is 2.63. The molecule has 3 nitrogen and oxygen atoms in total. The van der Waals surface area contributed by atoms with Crippen molar-refractivity contribution in [3.8, 4) is 0 Å². The number of hydrogen-bond donors (Lipinski definition) is 1. The minimum absolute atomic E-state index is 0.118. The fraction of sp³-hybridized carbons (Fsp3) is 1.00. The normalized spacial score (nSPS) is 42.5. The van der Waals surface area contributed by atoms with E-state index < -0.39 is 0 Å². The smallest absolute Gasteiger partial charge is 0.0788 e. The molecule has 112 valence electrons. The average molecular weight is 268 g/mol. The van der Waals surface area contributed by atoms with Crippen LogP contribution in [0.25, 0.3) is 0 Å². The minimum Gasteiger partial charge on any atom is -0.368 e. The third-order valence-corrected chi connectivity index (χ3v) is 5.59. The molecule has 2 saturated heterocycles. The van der Waals surface area contributed by atoms with Crippen molar-refractivity contribution in [1.29, 1.82) is 0 Å². The lowest BCUT2D eigenvalue weighted by atomic mass is 9.81. The van der Waals surface area contributed by atoms with Crippen LogP contribution in [-0.4, -0.2) is 41.3 Å². The van der Waals surface area contributed by atoms with Gasteiger partial charge in [-0.05, 0) is 59.9 Å². The van der Waals surface area contributed by atoms with E-state index in [4.69, 9.17) is 10.5 Å². The highest BCUT2D eigenvalue weighted by atomic mass is 16.5. The first kappa shape index (κ1) is 15.3. The Balaban J connectivity index is 2.09. The molecule has 0 amide bonds. The monoisotopic (exact) mass is 268 g/mol. The van der Waals surface area contributed by atoms with Gasteiger partial charge >= 0.3 is 0 Å². The molecule has 2 N–H and O–H groups in total. The summed E-state index contributed by atoms with van der Waals surface area (Å²) in [6.45, 7) is 15.7. The molecule has 0 aromatic heterocycles. The summed E-state index contributed by atoms with van der Waals surface area (Å²) in [6.07, 6.45) is 2.68. The van der Waals surface area contributed by atoms with Gasteiger partial charge in [0.15, 0.2) is 0 Å². The first-order valence-corrected chi connectivity index (χ1v) is 7.85. The molecule has 0 bridgehead atoms. The van der Waals surface area contributed by atoms with E-state index in [1.54, 1.807) is 0 Å². The topological polar surface area (TPSA) is 38.5 Å². The van der Waals surface area contributed by atoms with Gasteiger partial charge in [0.2, 0.25) is 0 Å². The van der Waals surface area contributed by atoms with Crippen LogP contribution in [-0.2, 0) is 4.74 Å². The maximum atomic E-state index is 6.48. The summed E-state index contributed by atoms with van der Waals surface area (Å²) in [6, 6.07) is 0.785. The molecule has 3 heteroatoms. The van der Waals surface area contributed by atoms with Crippen molar-refractivity contribution in [2.75, 3.05) is 13.1 Å². The second-order valence-electron chi connectivity index (χ2n) is 7.80. The van der Waals surface area contributed by atoms with Crippen molar-refractivity contribution in [1.82, 2.24) is 4.90 Å². The van der Waals surface area contributed by atoms with Crippen LogP contribution >= 0.6 is 0 Å². The van der Waals surface area contributed by atoms with E-state index in [9.17, 15) is 0 Å². The molecule has 2 aliphatic rings. The van der Waals surface area contributed by atoms with Crippen LogP contribution in [0.1, 0.15) is 54.4 Å². The van der Waals surface area contributed by atoms with Crippen molar-refractivity contribution < 1.29 is 4.74 Å². The van der Waals surface area contributed by atoms with Gasteiger partial charge in [-0.1, -0.05) is 6.92 Å². The predicted molar refractivity (Wildman–Crippen MR) is 80.1 cm³/mol. The first-order chi connectivity index (χ1) is 8.65. The van der Waals surface area contributed by atoms with E-state index >= 15 is 0 Å². The van der Waals surface area contributed by atoms with E-state index in [2.05, 4.69) is 46.4 Å². The number of piperidine rings is 1. The summed E-state index contributed by atoms with van der Waals surface area (Å²) in [5, 5.41) is 0. The highest BCUT2D eigenvalue weighted by Gasteiger charge is 2.52. The molecular weight excluding hydrogens is 236 g/mol. The molecule has 0 spiro atoms. The molecule has 4 unspecified atom stereocenters. The Labute approximate surface area is 118 Å². The zero-order chi connectivity index (χ0) is 14.4. The predicted octanol–water partition coefficient (Wildman–Crippen LogP) is 2.64. The standard InChI is InChI=1S/C16H32N2O/c1-11-8-7-9-18(12(11)2)10-13-14(17)16(5,6)19-15(13,3)4/h11-14H,7-10,17H2,1-6H3. The summed E-state index contributed by atoms with van der Waals surface area (Å²) in [5.41, 5.74) is 6.15. The molecule has 19 heavy (non-hydrogen) atoms. The van der Waals surface area contributed by atoms with Gasteiger partial charge in [0.1, 0.15) is 0 Å². The zero-order valence-corrected chi connectivity index (χ0v) is 13.6. The fourth-order valence-corrected chi connectivity index (χ4v) is 4.00. The van der Waals surface area contributed by atoms with Gasteiger partial charge in [-0.15, -0.1) is 0 Å². The summed E-state index contributed by atoms with van der Waals surface area (Å²) in [5.74, 6) is 1.21. The Morgan fingerprint density at radius 1 is 1.16 bits per heavy atom. The van der Waals surface area contributed by atoms with Gasteiger partial charge in [-0.3, -0.25) is 4.90 Å². The van der Waals surface area contributed by atoms with Gasteiger partial charge in [-0.2, -0.15) is 0 Å². The molecule has 2 heterocycles. The van der Waals surface area contributed by atoms with Crippen LogP contribution < -0.4 is 5.73 Å². The summed E-state index contributed by atoms with van der Waals surface area (Å²) < 4.78 is 6.21. The Morgan fingerprint density at radius 2 is 1.79 bits per heavy atom. The number of hydrogen-bond acceptors (Lipinski definition) is 3. The lowest BCUT2D eigenvalue weighted by Gasteiger charge is -2.41. The van der Waals surface area contributed by atoms with Gasteiger partial charge in [-0.25, -0.2) is 0 Å². The van der Waals surface area contributed by atoms with Crippen molar-refractivity contribution in [2.45, 2.75) is 77.7 Å². The van der Waals surface area contributed by atoms with Gasteiger partial charge in [0.25, 0.3) is 0 Å². The van der Waals surface area contributed by atoms with Crippen LogP contribution in [0.15, 0.2) is 0 Å². The highest BCUT2D eigenvalue weighted by molar-refractivity contribution is 5.05. The molecular formula is C16H32N2O. The number of likely N-dealkylation sites (tertiary alicyclic amines) is 1. The maximum absolute atomic E-state index is 6.48. The quantitative estimate of drug-likeness (QED) is 0.837. The van der Waals surface area contributed by atoms with E-state index in [1.807, 2.05) is 0 Å².